The molecule has 0 bridgehead atoms. The molecule has 0 saturated heterocycles. The van der Waals surface area contributed by atoms with Gasteiger partial charge in [0, 0.05) is 6.07 Å². The van der Waals surface area contributed by atoms with E-state index >= 15 is 0 Å². The molecule has 3 aromatic rings. The summed E-state index contributed by atoms with van der Waals surface area (Å²) in [5, 5.41) is 11.7. The average molecular weight is 295 g/mol. The number of rotatable bonds is 2. The van der Waals surface area contributed by atoms with Crippen molar-refractivity contribution in [2.24, 2.45) is 0 Å². The molecule has 0 saturated carbocycles. The van der Waals surface area contributed by atoms with Crippen molar-refractivity contribution in [2.75, 3.05) is 0 Å². The van der Waals surface area contributed by atoms with Gasteiger partial charge in [0.05, 0.1) is 21.4 Å². The summed E-state index contributed by atoms with van der Waals surface area (Å²) in [6.45, 7) is 3.67. The molecule has 0 N–H and O–H groups in total. The zero-order valence-corrected chi connectivity index (χ0v) is 12.1. The molecule has 0 aliphatic carbocycles. The molecular formula is C17H13NO4. The molecule has 0 fully saturated rings. The van der Waals surface area contributed by atoms with Crippen LogP contribution in [0.25, 0.3) is 22.1 Å². The Morgan fingerprint density at radius 3 is 2.41 bits per heavy atom. The first-order valence-electron chi connectivity index (χ1n) is 6.75. The standard InChI is InChI=1S/C17H13NO4/c1-10-3-5-12(15(7-10)18(20)21)14-9-22-16-8-11(2)4-6-13(16)17(14)19/h3-9H,1-2H3. The van der Waals surface area contributed by atoms with Crippen LogP contribution in [0.15, 0.2) is 51.9 Å². The molecule has 0 unspecified atom stereocenters. The van der Waals surface area contributed by atoms with Gasteiger partial charge in [0.25, 0.3) is 5.69 Å². The first-order chi connectivity index (χ1) is 10.5. The third-order valence-corrected chi connectivity index (χ3v) is 3.57. The highest BCUT2D eigenvalue weighted by Gasteiger charge is 2.19. The van der Waals surface area contributed by atoms with Crippen molar-refractivity contribution in [2.45, 2.75) is 13.8 Å². The summed E-state index contributed by atoms with van der Waals surface area (Å²) in [6, 6.07) is 10.0. The van der Waals surface area contributed by atoms with Crippen molar-refractivity contribution in [1.82, 2.24) is 0 Å². The molecule has 0 aliphatic heterocycles. The van der Waals surface area contributed by atoms with E-state index in [4.69, 9.17) is 4.42 Å². The number of hydrogen-bond acceptors (Lipinski definition) is 4. The molecule has 1 heterocycles. The molecule has 5 heteroatoms. The van der Waals surface area contributed by atoms with Gasteiger partial charge in [0.1, 0.15) is 11.8 Å². The summed E-state index contributed by atoms with van der Waals surface area (Å²) in [5.41, 5.74) is 2.31. The van der Waals surface area contributed by atoms with Gasteiger partial charge in [-0.3, -0.25) is 14.9 Å². The Morgan fingerprint density at radius 1 is 1.00 bits per heavy atom. The molecule has 0 aliphatic rings. The van der Waals surface area contributed by atoms with Crippen molar-refractivity contribution >= 4 is 16.7 Å². The fourth-order valence-corrected chi connectivity index (χ4v) is 2.44. The summed E-state index contributed by atoms with van der Waals surface area (Å²) in [6.07, 6.45) is 1.29. The Labute approximate surface area is 126 Å². The van der Waals surface area contributed by atoms with E-state index in [-0.39, 0.29) is 22.2 Å². The third-order valence-electron chi connectivity index (χ3n) is 3.57. The molecule has 2 aromatic carbocycles. The van der Waals surface area contributed by atoms with Gasteiger partial charge in [-0.1, -0.05) is 12.1 Å². The Balaban J connectivity index is 2.32. The van der Waals surface area contributed by atoms with Gasteiger partial charge in [-0.15, -0.1) is 0 Å². The van der Waals surface area contributed by atoms with Crippen LogP contribution < -0.4 is 5.43 Å². The second-order valence-electron chi connectivity index (χ2n) is 5.26. The Hall–Kier alpha value is -2.95. The highest BCUT2D eigenvalue weighted by Crippen LogP contribution is 2.30. The Bertz CT molecular complexity index is 957. The average Bonchev–Trinajstić information content (AvgIpc) is 2.48. The van der Waals surface area contributed by atoms with Gasteiger partial charge < -0.3 is 4.42 Å². The van der Waals surface area contributed by atoms with E-state index in [1.807, 2.05) is 13.0 Å². The van der Waals surface area contributed by atoms with Crippen LogP contribution in [0.2, 0.25) is 0 Å². The van der Waals surface area contributed by atoms with E-state index in [9.17, 15) is 14.9 Å². The molecule has 0 amide bonds. The van der Waals surface area contributed by atoms with Crippen LogP contribution in [0.1, 0.15) is 11.1 Å². The fourth-order valence-electron chi connectivity index (χ4n) is 2.44. The van der Waals surface area contributed by atoms with Gasteiger partial charge in [-0.25, -0.2) is 0 Å². The predicted octanol–water partition coefficient (Wildman–Crippen LogP) is 3.99. The lowest BCUT2D eigenvalue weighted by atomic mass is 10.0. The second-order valence-corrected chi connectivity index (χ2v) is 5.26. The van der Waals surface area contributed by atoms with Gasteiger partial charge in [0.2, 0.25) is 5.43 Å². The molecule has 0 radical (unpaired) electrons. The topological polar surface area (TPSA) is 73.3 Å². The lowest BCUT2D eigenvalue weighted by Crippen LogP contribution is -2.06. The minimum Gasteiger partial charge on any atom is -0.463 e. The van der Waals surface area contributed by atoms with E-state index in [0.29, 0.717) is 11.0 Å². The van der Waals surface area contributed by atoms with Gasteiger partial charge in [-0.05, 0) is 43.2 Å². The maximum absolute atomic E-state index is 12.6. The van der Waals surface area contributed by atoms with E-state index in [0.717, 1.165) is 11.1 Å². The number of nitro benzene ring substituents is 1. The van der Waals surface area contributed by atoms with Crippen LogP contribution in [0, 0.1) is 24.0 Å². The van der Waals surface area contributed by atoms with E-state index in [2.05, 4.69) is 0 Å². The van der Waals surface area contributed by atoms with Crippen LogP contribution in [-0.4, -0.2) is 4.92 Å². The highest BCUT2D eigenvalue weighted by molar-refractivity contribution is 5.84. The van der Waals surface area contributed by atoms with Crippen LogP contribution in [0.5, 0.6) is 0 Å². The minimum atomic E-state index is -0.485. The van der Waals surface area contributed by atoms with E-state index < -0.39 is 4.92 Å². The third kappa shape index (κ3) is 2.26. The largest absolute Gasteiger partial charge is 0.463 e. The zero-order chi connectivity index (χ0) is 15.9. The Kier molecular flexibility index (Phi) is 3.25. The van der Waals surface area contributed by atoms with Crippen LogP contribution in [-0.2, 0) is 0 Å². The zero-order valence-electron chi connectivity index (χ0n) is 12.1. The molecule has 1 aromatic heterocycles. The maximum atomic E-state index is 12.6. The lowest BCUT2D eigenvalue weighted by molar-refractivity contribution is -0.384. The van der Waals surface area contributed by atoms with E-state index in [1.54, 1.807) is 31.2 Å². The van der Waals surface area contributed by atoms with Crippen molar-refractivity contribution < 1.29 is 9.34 Å². The predicted molar refractivity (Wildman–Crippen MR) is 84.0 cm³/mol. The molecule has 22 heavy (non-hydrogen) atoms. The number of nitrogens with zero attached hydrogens (tertiary/aromatic N) is 1. The number of benzene rings is 2. The molecule has 0 spiro atoms. The van der Waals surface area contributed by atoms with Crippen LogP contribution >= 0.6 is 0 Å². The first-order valence-corrected chi connectivity index (χ1v) is 6.75. The lowest BCUT2D eigenvalue weighted by Gasteiger charge is -2.05. The van der Waals surface area contributed by atoms with E-state index in [1.165, 1.54) is 12.3 Å². The van der Waals surface area contributed by atoms with Gasteiger partial charge in [-0.2, -0.15) is 0 Å². The minimum absolute atomic E-state index is 0.0984. The summed E-state index contributed by atoms with van der Waals surface area (Å²) in [5.74, 6) is 0. The summed E-state index contributed by atoms with van der Waals surface area (Å²) >= 11 is 0. The summed E-state index contributed by atoms with van der Waals surface area (Å²) in [7, 11) is 0. The number of nitro groups is 1. The first kappa shape index (κ1) is 14.0. The van der Waals surface area contributed by atoms with Gasteiger partial charge in [0.15, 0.2) is 0 Å². The van der Waals surface area contributed by atoms with Gasteiger partial charge >= 0.3 is 0 Å². The molecule has 0 atom stereocenters. The molecule has 3 rings (SSSR count). The van der Waals surface area contributed by atoms with Crippen molar-refractivity contribution in [3.63, 3.8) is 0 Å². The van der Waals surface area contributed by atoms with Crippen LogP contribution in [0.3, 0.4) is 0 Å². The van der Waals surface area contributed by atoms with Crippen molar-refractivity contribution in [3.05, 3.63) is 74.1 Å². The highest BCUT2D eigenvalue weighted by atomic mass is 16.6. The molecule has 110 valence electrons. The molecular weight excluding hydrogens is 282 g/mol. The number of hydrogen-bond donors (Lipinski definition) is 0. The van der Waals surface area contributed by atoms with Crippen molar-refractivity contribution in [3.8, 4) is 11.1 Å². The molecule has 5 nitrogen and oxygen atoms in total. The smallest absolute Gasteiger partial charge is 0.277 e. The monoisotopic (exact) mass is 295 g/mol. The van der Waals surface area contributed by atoms with Crippen LogP contribution in [0.4, 0.5) is 5.69 Å². The number of fused-ring (bicyclic) bond motifs is 1. The number of aryl methyl sites for hydroxylation is 2. The summed E-state index contributed by atoms with van der Waals surface area (Å²) in [4.78, 5) is 23.4. The summed E-state index contributed by atoms with van der Waals surface area (Å²) < 4.78 is 5.50. The Morgan fingerprint density at radius 2 is 1.68 bits per heavy atom. The quantitative estimate of drug-likeness (QED) is 0.529. The fraction of sp³-hybridized carbons (Fsp3) is 0.118. The maximum Gasteiger partial charge on any atom is 0.277 e. The van der Waals surface area contributed by atoms with Crippen molar-refractivity contribution in [1.29, 1.82) is 0 Å². The second kappa shape index (κ2) is 5.11. The normalized spacial score (nSPS) is 10.8. The SMILES string of the molecule is Cc1ccc(-c2coc3cc(C)ccc3c2=O)c([N+](=O)[O-])c1.